The van der Waals surface area contributed by atoms with Crippen LogP contribution >= 0.6 is 0 Å². The first-order valence-electron chi connectivity index (χ1n) is 16.6. The first-order valence-corrected chi connectivity index (χ1v) is 16.6. The van der Waals surface area contributed by atoms with Gasteiger partial charge in [0.15, 0.2) is 18.2 Å². The monoisotopic (exact) mass is 617 g/mol. The Hall–Kier alpha value is -2.01. The van der Waals surface area contributed by atoms with E-state index in [4.69, 9.17) is 14.1 Å². The fourth-order valence-corrected chi connectivity index (χ4v) is 8.64. The molecule has 0 unspecified atom stereocenters. The first kappa shape index (κ1) is 34.9. The minimum atomic E-state index is -1.37. The van der Waals surface area contributed by atoms with Crippen LogP contribution in [-0.4, -0.2) is 60.9 Å². The zero-order valence-electron chi connectivity index (χ0n) is 27.5. The fourth-order valence-electron chi connectivity index (χ4n) is 8.64. The summed E-state index contributed by atoms with van der Waals surface area (Å²) in [5.74, 6) is -1.11. The van der Waals surface area contributed by atoms with E-state index in [9.17, 15) is 19.7 Å². The van der Waals surface area contributed by atoms with E-state index in [1.54, 1.807) is 13.0 Å². The van der Waals surface area contributed by atoms with Crippen LogP contribution in [0.1, 0.15) is 105 Å². The molecule has 2 bridgehead atoms. The Balaban J connectivity index is 1.66. The van der Waals surface area contributed by atoms with Crippen molar-refractivity contribution in [3.63, 3.8) is 0 Å². The van der Waals surface area contributed by atoms with E-state index in [-0.39, 0.29) is 40.9 Å². The summed E-state index contributed by atoms with van der Waals surface area (Å²) in [6.07, 6.45) is 5.54. The van der Waals surface area contributed by atoms with Crippen molar-refractivity contribution in [3.8, 4) is 5.75 Å². The summed E-state index contributed by atoms with van der Waals surface area (Å²) >= 11 is 0. The molecule has 246 valence electrons. The molecule has 1 aromatic carbocycles. The van der Waals surface area contributed by atoms with Gasteiger partial charge in [-0.2, -0.15) is 0 Å². The highest BCUT2D eigenvalue weighted by atomic mass is 19.1. The van der Waals surface area contributed by atoms with Gasteiger partial charge in [-0.05, 0) is 93.8 Å². The summed E-state index contributed by atoms with van der Waals surface area (Å²) in [6, 6.07) is 3.07. The molecule has 44 heavy (non-hydrogen) atoms. The average Bonchev–Trinajstić information content (AvgIpc) is 3.37. The number of aliphatic hydroxyl groups excluding tert-OH is 1. The van der Waals surface area contributed by atoms with Crippen LogP contribution in [0.2, 0.25) is 0 Å². The maximum Gasteiger partial charge on any atom is 0.494 e. The molecule has 8 nitrogen and oxygen atoms in total. The molecular weight excluding hydrogens is 564 g/mol. The van der Waals surface area contributed by atoms with Gasteiger partial charge in [0.2, 0.25) is 0 Å². The summed E-state index contributed by atoms with van der Waals surface area (Å²) < 4.78 is 32.2. The lowest BCUT2D eigenvalue weighted by atomic mass is 9.46. The van der Waals surface area contributed by atoms with E-state index < -0.39 is 48.5 Å². The number of carbonyl (C=O) groups is 2. The number of rotatable bonds is 13. The highest BCUT2D eigenvalue weighted by molar-refractivity contribution is 6.61. The van der Waals surface area contributed by atoms with Crippen molar-refractivity contribution in [2.24, 2.45) is 28.1 Å². The normalized spacial score (nSPS) is 33.3. The molecule has 3 aliphatic rings. The van der Waals surface area contributed by atoms with Crippen molar-refractivity contribution >= 4 is 24.3 Å². The summed E-state index contributed by atoms with van der Waals surface area (Å²) in [5, 5.41) is 25.8. The van der Waals surface area contributed by atoms with Crippen molar-refractivity contribution in [2.45, 2.75) is 118 Å². The van der Waals surface area contributed by atoms with E-state index >= 15 is 4.39 Å². The number of ketones is 1. The summed E-state index contributed by atoms with van der Waals surface area (Å²) in [5.41, 5.74) is -0.568. The third-order valence-corrected chi connectivity index (χ3v) is 11.6. The molecule has 3 N–H and O–H groups in total. The standard InChI is InChI=1S/C34H53BFNO7/c1-7-13-33(16-17-37-8-2)18-27(44-28(39)20-42-26-10-9-25-19-43-35(41)29(25)30(26)36)32(6)21-34(14-11-22(32)3,15-12-23(4)38)24(5)31(33)40/h9-10,22,24,27,31,37,40-41H,7-8,11-21H2,1-6H3/t22-,24+,27-,31+,32+,33-,34-/m1/s1. The lowest BCUT2D eigenvalue weighted by Gasteiger charge is -2.61. The predicted molar refractivity (Wildman–Crippen MR) is 168 cm³/mol. The molecule has 2 saturated carbocycles. The van der Waals surface area contributed by atoms with Gasteiger partial charge in [0.05, 0.1) is 12.7 Å². The molecule has 0 amide bonds. The topological polar surface area (TPSA) is 114 Å². The molecule has 1 heterocycles. The number of hydrogen-bond donors (Lipinski definition) is 3. The van der Waals surface area contributed by atoms with Crippen LogP contribution in [0.5, 0.6) is 5.75 Å². The zero-order chi connectivity index (χ0) is 32.3. The van der Waals surface area contributed by atoms with E-state index in [0.29, 0.717) is 24.8 Å². The number of aliphatic hydroxyl groups is 1. The van der Waals surface area contributed by atoms with Gasteiger partial charge in [0.25, 0.3) is 0 Å². The second kappa shape index (κ2) is 14.2. The quantitative estimate of drug-likeness (QED) is 0.166. The van der Waals surface area contributed by atoms with E-state index in [1.165, 1.54) is 6.07 Å². The number of ether oxygens (including phenoxy) is 2. The maximum atomic E-state index is 15.1. The van der Waals surface area contributed by atoms with Gasteiger partial charge in [0, 0.05) is 22.7 Å². The highest BCUT2D eigenvalue weighted by Gasteiger charge is 2.60. The number of nitrogens with one attached hydrogen (secondary N) is 1. The molecule has 0 radical (unpaired) electrons. The Kier molecular flexibility index (Phi) is 11.2. The van der Waals surface area contributed by atoms with Crippen LogP contribution in [0.15, 0.2) is 12.1 Å². The van der Waals surface area contributed by atoms with Crippen molar-refractivity contribution in [1.29, 1.82) is 0 Å². The largest absolute Gasteiger partial charge is 0.494 e. The van der Waals surface area contributed by atoms with Gasteiger partial charge in [-0.25, -0.2) is 9.18 Å². The molecule has 1 aromatic rings. The van der Waals surface area contributed by atoms with Gasteiger partial charge in [-0.3, -0.25) is 0 Å². The number of halogens is 1. The Morgan fingerprint density at radius 1 is 1.20 bits per heavy atom. The Morgan fingerprint density at radius 2 is 1.95 bits per heavy atom. The number of fused-ring (bicyclic) bond motifs is 3. The summed E-state index contributed by atoms with van der Waals surface area (Å²) in [4.78, 5) is 25.7. The SMILES string of the molecule is CCC[C@@]1(CCNCC)C[C@@H](OC(=O)COc2ccc3c(c2F)B(O)OC3)[C@@]2(C)C[C@](CCC(C)=O)(CC[C@H]2C)[C@@H](C)[C@@H]1O. The molecule has 2 fully saturated rings. The van der Waals surface area contributed by atoms with Gasteiger partial charge >= 0.3 is 13.1 Å². The van der Waals surface area contributed by atoms with Crippen molar-refractivity contribution in [3.05, 3.63) is 23.5 Å². The molecule has 2 aliphatic carbocycles. The second-order valence-electron chi connectivity index (χ2n) is 14.2. The maximum absolute atomic E-state index is 15.1. The fraction of sp³-hybridized carbons (Fsp3) is 0.765. The number of esters is 1. The Morgan fingerprint density at radius 3 is 2.64 bits per heavy atom. The minimum absolute atomic E-state index is 0.0241. The molecule has 0 spiro atoms. The van der Waals surface area contributed by atoms with E-state index in [1.807, 2.05) is 0 Å². The van der Waals surface area contributed by atoms with Crippen LogP contribution in [0, 0.1) is 33.9 Å². The van der Waals surface area contributed by atoms with E-state index in [2.05, 4.69) is 39.9 Å². The molecule has 10 heteroatoms. The predicted octanol–water partition coefficient (Wildman–Crippen LogP) is 4.70. The molecule has 0 saturated heterocycles. The Bertz CT molecular complexity index is 1180. The summed E-state index contributed by atoms with van der Waals surface area (Å²) in [6.45, 7) is 13.6. The van der Waals surface area contributed by atoms with Gasteiger partial charge in [-0.15, -0.1) is 0 Å². The zero-order valence-corrected chi connectivity index (χ0v) is 27.5. The lowest BCUT2D eigenvalue weighted by molar-refractivity contribution is -0.200. The molecule has 7 atom stereocenters. The molecule has 1 aliphatic heterocycles. The molecular formula is C34H53BFNO7. The molecule has 4 rings (SSSR count). The number of Topliss-reactive ketones (excluding diaryl/α,β-unsaturated/α-hetero) is 1. The van der Waals surface area contributed by atoms with Crippen LogP contribution in [0.4, 0.5) is 4.39 Å². The van der Waals surface area contributed by atoms with Gasteiger partial charge < -0.3 is 34.4 Å². The number of hydrogen-bond acceptors (Lipinski definition) is 8. The van der Waals surface area contributed by atoms with Gasteiger partial charge in [0.1, 0.15) is 11.9 Å². The second-order valence-corrected chi connectivity index (χ2v) is 14.2. The van der Waals surface area contributed by atoms with Crippen molar-refractivity contribution in [2.75, 3.05) is 19.7 Å². The van der Waals surface area contributed by atoms with Gasteiger partial charge in [-0.1, -0.05) is 47.1 Å². The van der Waals surface area contributed by atoms with Crippen LogP contribution in [0.25, 0.3) is 0 Å². The third kappa shape index (κ3) is 6.88. The smallest absolute Gasteiger partial charge is 0.479 e. The van der Waals surface area contributed by atoms with Crippen LogP contribution < -0.4 is 15.5 Å². The Labute approximate surface area is 262 Å². The van der Waals surface area contributed by atoms with Crippen molar-refractivity contribution in [1.82, 2.24) is 5.32 Å². The first-order chi connectivity index (χ1) is 20.8. The summed E-state index contributed by atoms with van der Waals surface area (Å²) in [7, 11) is -1.37. The number of carbonyl (C=O) groups excluding carboxylic acids is 2. The van der Waals surface area contributed by atoms with Crippen molar-refractivity contribution < 1.29 is 38.2 Å². The third-order valence-electron chi connectivity index (χ3n) is 11.6. The highest BCUT2D eigenvalue weighted by Crippen LogP contribution is 2.63. The minimum Gasteiger partial charge on any atom is -0.479 e. The lowest BCUT2D eigenvalue weighted by Crippen LogP contribution is -2.59. The van der Waals surface area contributed by atoms with E-state index in [0.717, 1.165) is 51.6 Å². The number of benzene rings is 1. The average molecular weight is 618 g/mol. The van der Waals surface area contributed by atoms with Crippen LogP contribution in [-0.2, 0) is 25.6 Å². The van der Waals surface area contributed by atoms with Crippen LogP contribution in [0.3, 0.4) is 0 Å². The molecule has 0 aromatic heterocycles.